The molecule has 1 amide bonds. The minimum Gasteiger partial charge on any atom is -0.361 e. The molecule has 8 heteroatoms. The minimum atomic E-state index is -0.0102. The Bertz CT molecular complexity index is 742. The van der Waals surface area contributed by atoms with E-state index in [0.717, 1.165) is 44.2 Å². The fraction of sp³-hybridized carbons (Fsp3) is 0.412. The zero-order valence-electron chi connectivity index (χ0n) is 14.1. The van der Waals surface area contributed by atoms with Crippen LogP contribution in [0, 0.1) is 6.92 Å². The van der Waals surface area contributed by atoms with Gasteiger partial charge in [0, 0.05) is 11.8 Å². The van der Waals surface area contributed by atoms with Gasteiger partial charge in [0.2, 0.25) is 0 Å². The van der Waals surface area contributed by atoms with Crippen LogP contribution in [0.1, 0.15) is 11.5 Å². The number of anilines is 1. The number of carbonyl (C=O) groups is 1. The van der Waals surface area contributed by atoms with Gasteiger partial charge in [-0.05, 0) is 25.1 Å². The summed E-state index contributed by atoms with van der Waals surface area (Å²) in [7, 11) is 0. The van der Waals surface area contributed by atoms with Crippen molar-refractivity contribution in [3.8, 4) is 0 Å². The van der Waals surface area contributed by atoms with Gasteiger partial charge in [0.25, 0.3) is 5.91 Å². The largest absolute Gasteiger partial charge is 0.361 e. The smallest absolute Gasteiger partial charge is 0.279 e. The van der Waals surface area contributed by atoms with E-state index in [9.17, 15) is 4.79 Å². The number of nitrogens with one attached hydrogen (secondary N) is 3. The van der Waals surface area contributed by atoms with E-state index in [1.54, 1.807) is 18.2 Å². The molecule has 0 atom stereocenters. The maximum Gasteiger partial charge on any atom is 0.279 e. The monoisotopic (exact) mass is 384 g/mol. The molecule has 1 aromatic carbocycles. The first kappa shape index (κ1) is 18.2. The molecule has 1 aliphatic heterocycles. The second-order valence-corrected chi connectivity index (χ2v) is 7.27. The molecule has 134 valence electrons. The van der Waals surface area contributed by atoms with E-state index in [2.05, 4.69) is 10.5 Å². The summed E-state index contributed by atoms with van der Waals surface area (Å²) in [5.74, 6) is 0.835. The lowest BCUT2D eigenvalue weighted by atomic mass is 10.2. The number of hydrogen-bond donors (Lipinski definition) is 3. The van der Waals surface area contributed by atoms with Gasteiger partial charge >= 0.3 is 0 Å². The van der Waals surface area contributed by atoms with Crippen LogP contribution in [0.4, 0.5) is 5.69 Å². The standard InChI is InChI=1S/C17H20Cl2N4O2/c1-12-8-14(21-25-12)10-22-4-6-23(7-5-22)11-17(24)20-13-2-3-15(18)16(19)9-13/h2-3,8-9H,4-7,10-11H2,1H3,(H,20,24)/p+2. The minimum absolute atomic E-state index is 0.0102. The van der Waals surface area contributed by atoms with E-state index in [1.807, 2.05) is 13.0 Å². The Kier molecular flexibility index (Phi) is 5.96. The summed E-state index contributed by atoms with van der Waals surface area (Å²) in [6.45, 7) is 7.18. The first-order chi connectivity index (χ1) is 12.0. The highest BCUT2D eigenvalue weighted by molar-refractivity contribution is 6.42. The van der Waals surface area contributed by atoms with Gasteiger partial charge in [-0.15, -0.1) is 0 Å². The van der Waals surface area contributed by atoms with Gasteiger partial charge in [0.1, 0.15) is 44.2 Å². The molecule has 0 bridgehead atoms. The quantitative estimate of drug-likeness (QED) is 0.690. The number of nitrogens with zero attached hydrogens (tertiary/aromatic N) is 1. The summed E-state index contributed by atoms with van der Waals surface area (Å²) >= 11 is 11.9. The summed E-state index contributed by atoms with van der Waals surface area (Å²) in [6, 6.07) is 7.08. The van der Waals surface area contributed by atoms with Crippen molar-refractivity contribution in [3.63, 3.8) is 0 Å². The Labute approximate surface area is 156 Å². The van der Waals surface area contributed by atoms with Crippen molar-refractivity contribution in [2.75, 3.05) is 38.0 Å². The van der Waals surface area contributed by atoms with E-state index >= 15 is 0 Å². The van der Waals surface area contributed by atoms with Gasteiger partial charge in [-0.3, -0.25) is 4.79 Å². The number of halogens is 2. The van der Waals surface area contributed by atoms with Crippen molar-refractivity contribution in [1.29, 1.82) is 0 Å². The number of benzene rings is 1. The Hall–Kier alpha value is -1.60. The second-order valence-electron chi connectivity index (χ2n) is 6.46. The average molecular weight is 385 g/mol. The fourth-order valence-corrected chi connectivity index (χ4v) is 3.37. The molecule has 25 heavy (non-hydrogen) atoms. The number of hydrogen-bond acceptors (Lipinski definition) is 3. The van der Waals surface area contributed by atoms with E-state index < -0.39 is 0 Å². The molecule has 3 N–H and O–H groups in total. The lowest BCUT2D eigenvalue weighted by Crippen LogP contribution is -3.28. The molecule has 1 aliphatic rings. The SMILES string of the molecule is Cc1cc(C[NH+]2CC[NH+](CC(=O)Nc3ccc(Cl)c(Cl)c3)CC2)no1. The average Bonchev–Trinajstić information content (AvgIpc) is 2.98. The van der Waals surface area contributed by atoms with Crippen LogP contribution in [0.3, 0.4) is 0 Å². The Morgan fingerprint density at radius 1 is 1.16 bits per heavy atom. The third kappa shape index (κ3) is 5.19. The molecule has 1 fully saturated rings. The number of aromatic nitrogens is 1. The van der Waals surface area contributed by atoms with Crippen molar-refractivity contribution in [3.05, 3.63) is 45.8 Å². The zero-order chi connectivity index (χ0) is 17.8. The molecule has 1 saturated heterocycles. The molecular weight excluding hydrogens is 363 g/mol. The summed E-state index contributed by atoms with van der Waals surface area (Å²) in [5.41, 5.74) is 1.66. The first-order valence-corrected chi connectivity index (χ1v) is 9.09. The highest BCUT2D eigenvalue weighted by Gasteiger charge is 2.25. The molecule has 6 nitrogen and oxygen atoms in total. The molecule has 0 unspecified atom stereocenters. The highest BCUT2D eigenvalue weighted by Crippen LogP contribution is 2.24. The third-order valence-electron chi connectivity index (χ3n) is 4.39. The fourth-order valence-electron chi connectivity index (χ4n) is 3.07. The van der Waals surface area contributed by atoms with Crippen LogP contribution in [0.5, 0.6) is 0 Å². The topological polar surface area (TPSA) is 64.0 Å². The van der Waals surface area contributed by atoms with E-state index in [-0.39, 0.29) is 5.91 Å². The predicted molar refractivity (Wildman–Crippen MR) is 96.3 cm³/mol. The van der Waals surface area contributed by atoms with Gasteiger partial charge in [0.05, 0.1) is 10.0 Å². The van der Waals surface area contributed by atoms with Crippen LogP contribution in [0.2, 0.25) is 10.0 Å². The molecule has 0 spiro atoms. The Morgan fingerprint density at radius 2 is 1.88 bits per heavy atom. The Balaban J connectivity index is 1.43. The van der Waals surface area contributed by atoms with Crippen molar-refractivity contribution >= 4 is 34.8 Å². The lowest BCUT2D eigenvalue weighted by Gasteiger charge is -2.28. The van der Waals surface area contributed by atoms with Gasteiger partial charge in [-0.25, -0.2) is 0 Å². The van der Waals surface area contributed by atoms with Crippen LogP contribution in [-0.4, -0.2) is 43.8 Å². The molecule has 2 heterocycles. The van der Waals surface area contributed by atoms with Crippen LogP contribution in [0.25, 0.3) is 0 Å². The normalized spacial score (nSPS) is 20.4. The summed E-state index contributed by atoms with van der Waals surface area (Å²) in [5, 5.41) is 7.85. The molecule has 0 radical (unpaired) electrons. The highest BCUT2D eigenvalue weighted by atomic mass is 35.5. The molecule has 0 saturated carbocycles. The van der Waals surface area contributed by atoms with Gasteiger partial charge in [-0.1, -0.05) is 28.4 Å². The first-order valence-electron chi connectivity index (χ1n) is 8.34. The molecule has 1 aromatic heterocycles. The predicted octanol–water partition coefficient (Wildman–Crippen LogP) is 0.212. The maximum absolute atomic E-state index is 12.2. The van der Waals surface area contributed by atoms with Gasteiger partial charge < -0.3 is 19.6 Å². The van der Waals surface area contributed by atoms with Crippen molar-refractivity contribution < 1.29 is 19.1 Å². The lowest BCUT2D eigenvalue weighted by molar-refractivity contribution is -1.02. The number of amides is 1. The summed E-state index contributed by atoms with van der Waals surface area (Å²) in [4.78, 5) is 15.0. The summed E-state index contributed by atoms with van der Waals surface area (Å²) in [6.07, 6.45) is 0. The number of piperazine rings is 1. The van der Waals surface area contributed by atoms with Crippen LogP contribution in [0.15, 0.2) is 28.8 Å². The van der Waals surface area contributed by atoms with Crippen LogP contribution >= 0.6 is 23.2 Å². The molecule has 3 rings (SSSR count). The van der Waals surface area contributed by atoms with E-state index in [0.29, 0.717) is 22.3 Å². The molecule has 2 aromatic rings. The van der Waals surface area contributed by atoms with Gasteiger partial charge in [-0.2, -0.15) is 0 Å². The number of carbonyl (C=O) groups excluding carboxylic acids is 1. The number of rotatable bonds is 5. The van der Waals surface area contributed by atoms with Crippen molar-refractivity contribution in [1.82, 2.24) is 5.16 Å². The second kappa shape index (κ2) is 8.19. The van der Waals surface area contributed by atoms with Crippen molar-refractivity contribution in [2.45, 2.75) is 13.5 Å². The summed E-state index contributed by atoms with van der Waals surface area (Å²) < 4.78 is 5.11. The van der Waals surface area contributed by atoms with Crippen LogP contribution < -0.4 is 15.1 Å². The van der Waals surface area contributed by atoms with E-state index in [1.165, 1.54) is 9.80 Å². The van der Waals surface area contributed by atoms with Crippen LogP contribution in [-0.2, 0) is 11.3 Å². The van der Waals surface area contributed by atoms with Gasteiger partial charge in [0.15, 0.2) is 6.54 Å². The molecule has 0 aliphatic carbocycles. The zero-order valence-corrected chi connectivity index (χ0v) is 15.6. The number of quaternary nitrogens is 2. The maximum atomic E-state index is 12.2. The van der Waals surface area contributed by atoms with Crippen molar-refractivity contribution in [2.24, 2.45) is 0 Å². The third-order valence-corrected chi connectivity index (χ3v) is 5.13. The number of aryl methyl sites for hydroxylation is 1. The molecular formula is C17H22Cl2N4O2+2. The Morgan fingerprint density at radius 3 is 2.52 bits per heavy atom. The van der Waals surface area contributed by atoms with E-state index in [4.69, 9.17) is 27.7 Å².